The summed E-state index contributed by atoms with van der Waals surface area (Å²) in [7, 11) is 1.71. The van der Waals surface area contributed by atoms with Gasteiger partial charge in [-0.1, -0.05) is 0 Å². The third-order valence-electron chi connectivity index (χ3n) is 4.36. The third-order valence-corrected chi connectivity index (χ3v) is 4.36. The minimum atomic E-state index is -0.100. The lowest BCUT2D eigenvalue weighted by Gasteiger charge is -2.26. The van der Waals surface area contributed by atoms with Crippen molar-refractivity contribution in [3.8, 4) is 0 Å². The van der Waals surface area contributed by atoms with Crippen LogP contribution in [0.15, 0.2) is 18.5 Å². The molecule has 0 aromatic carbocycles. The SMILES string of the molecule is CO[C@H]1C[C@@H](C(=O)N2CCCC2)N(Cc2ncccn2)C1. The number of rotatable bonds is 4. The molecule has 6 nitrogen and oxygen atoms in total. The molecule has 1 aromatic rings. The zero-order chi connectivity index (χ0) is 14.7. The Balaban J connectivity index is 1.71. The number of methoxy groups -OCH3 is 1. The van der Waals surface area contributed by atoms with E-state index in [0.717, 1.165) is 44.7 Å². The van der Waals surface area contributed by atoms with E-state index in [1.54, 1.807) is 25.6 Å². The van der Waals surface area contributed by atoms with Crippen LogP contribution in [0.2, 0.25) is 0 Å². The maximum absolute atomic E-state index is 12.7. The van der Waals surface area contributed by atoms with E-state index in [4.69, 9.17) is 4.74 Å². The number of hydrogen-bond donors (Lipinski definition) is 0. The molecule has 2 atom stereocenters. The molecule has 2 fully saturated rings. The van der Waals surface area contributed by atoms with Gasteiger partial charge in [0.2, 0.25) is 5.91 Å². The lowest BCUT2D eigenvalue weighted by molar-refractivity contribution is -0.135. The van der Waals surface area contributed by atoms with Gasteiger partial charge in [0.05, 0.1) is 18.7 Å². The predicted molar refractivity (Wildman–Crippen MR) is 77.5 cm³/mol. The standard InChI is InChI=1S/C15H22N4O2/c1-21-12-9-13(15(20)18-7-2-3-8-18)19(10-12)11-14-16-5-4-6-17-14/h4-6,12-13H,2-3,7-11H2,1H3/t12-,13-/m0/s1. The molecule has 114 valence electrons. The van der Waals surface area contributed by atoms with Crippen molar-refractivity contribution < 1.29 is 9.53 Å². The Bertz CT molecular complexity index is 476. The topological polar surface area (TPSA) is 58.6 Å². The summed E-state index contributed by atoms with van der Waals surface area (Å²) >= 11 is 0. The number of carbonyl (C=O) groups is 1. The van der Waals surface area contributed by atoms with Crippen molar-refractivity contribution in [3.05, 3.63) is 24.3 Å². The molecule has 0 saturated carbocycles. The summed E-state index contributed by atoms with van der Waals surface area (Å²) in [5.74, 6) is 0.997. The number of amides is 1. The Hall–Kier alpha value is -1.53. The number of ether oxygens (including phenoxy) is 1. The third kappa shape index (κ3) is 3.22. The van der Waals surface area contributed by atoms with E-state index in [2.05, 4.69) is 14.9 Å². The van der Waals surface area contributed by atoms with Gasteiger partial charge in [-0.15, -0.1) is 0 Å². The molecule has 0 spiro atoms. The highest BCUT2D eigenvalue weighted by Crippen LogP contribution is 2.24. The maximum Gasteiger partial charge on any atom is 0.240 e. The Kier molecular flexibility index (Phi) is 4.45. The summed E-state index contributed by atoms with van der Waals surface area (Å²) in [6, 6.07) is 1.70. The average molecular weight is 290 g/mol. The number of aromatic nitrogens is 2. The van der Waals surface area contributed by atoms with Crippen LogP contribution in [0.3, 0.4) is 0 Å². The van der Waals surface area contributed by atoms with E-state index in [1.807, 2.05) is 4.90 Å². The van der Waals surface area contributed by atoms with Crippen LogP contribution in [-0.2, 0) is 16.1 Å². The fraction of sp³-hybridized carbons (Fsp3) is 0.667. The molecule has 0 unspecified atom stereocenters. The van der Waals surface area contributed by atoms with Gasteiger partial charge in [0.25, 0.3) is 0 Å². The zero-order valence-electron chi connectivity index (χ0n) is 12.4. The van der Waals surface area contributed by atoms with Crippen molar-refractivity contribution in [1.82, 2.24) is 19.8 Å². The number of likely N-dealkylation sites (tertiary alicyclic amines) is 2. The lowest BCUT2D eigenvalue weighted by Crippen LogP contribution is -2.44. The molecule has 3 rings (SSSR count). The van der Waals surface area contributed by atoms with E-state index in [9.17, 15) is 4.79 Å². The fourth-order valence-corrected chi connectivity index (χ4v) is 3.21. The first kappa shape index (κ1) is 14.4. The van der Waals surface area contributed by atoms with Gasteiger partial charge in [0.15, 0.2) is 0 Å². The summed E-state index contributed by atoms with van der Waals surface area (Å²) < 4.78 is 5.47. The highest BCUT2D eigenvalue weighted by molar-refractivity contribution is 5.82. The minimum absolute atomic E-state index is 0.100. The Labute approximate surface area is 125 Å². The van der Waals surface area contributed by atoms with Crippen LogP contribution in [0.5, 0.6) is 0 Å². The van der Waals surface area contributed by atoms with E-state index >= 15 is 0 Å². The molecular formula is C15H22N4O2. The first-order valence-corrected chi connectivity index (χ1v) is 7.59. The molecule has 1 amide bonds. The monoisotopic (exact) mass is 290 g/mol. The molecule has 0 aliphatic carbocycles. The van der Waals surface area contributed by atoms with E-state index in [-0.39, 0.29) is 18.1 Å². The quantitative estimate of drug-likeness (QED) is 0.816. The van der Waals surface area contributed by atoms with Crippen LogP contribution < -0.4 is 0 Å². The Morgan fingerprint density at radius 2 is 2.05 bits per heavy atom. The molecule has 0 bridgehead atoms. The van der Waals surface area contributed by atoms with Crippen LogP contribution in [-0.4, -0.2) is 64.6 Å². The number of hydrogen-bond acceptors (Lipinski definition) is 5. The summed E-state index contributed by atoms with van der Waals surface area (Å²) in [5, 5.41) is 0. The second kappa shape index (κ2) is 6.49. The molecule has 3 heterocycles. The van der Waals surface area contributed by atoms with Crippen molar-refractivity contribution in [3.63, 3.8) is 0 Å². The number of carbonyl (C=O) groups excluding carboxylic acids is 1. The van der Waals surface area contributed by atoms with E-state index in [1.165, 1.54) is 0 Å². The van der Waals surface area contributed by atoms with Gasteiger partial charge < -0.3 is 9.64 Å². The molecular weight excluding hydrogens is 268 g/mol. The second-order valence-electron chi connectivity index (χ2n) is 5.74. The first-order chi connectivity index (χ1) is 10.3. The average Bonchev–Trinajstić information content (AvgIpc) is 3.17. The highest BCUT2D eigenvalue weighted by Gasteiger charge is 2.39. The van der Waals surface area contributed by atoms with Gasteiger partial charge in [0.1, 0.15) is 5.82 Å². The van der Waals surface area contributed by atoms with Crippen LogP contribution >= 0.6 is 0 Å². The molecule has 2 aliphatic rings. The van der Waals surface area contributed by atoms with Crippen molar-refractivity contribution in [2.75, 3.05) is 26.7 Å². The highest BCUT2D eigenvalue weighted by atomic mass is 16.5. The van der Waals surface area contributed by atoms with Gasteiger partial charge >= 0.3 is 0 Å². The summed E-state index contributed by atoms with van der Waals surface area (Å²) in [6.45, 7) is 3.15. The van der Waals surface area contributed by atoms with Crippen molar-refractivity contribution in [2.24, 2.45) is 0 Å². The van der Waals surface area contributed by atoms with Crippen LogP contribution in [0.4, 0.5) is 0 Å². The minimum Gasteiger partial charge on any atom is -0.380 e. The fourth-order valence-electron chi connectivity index (χ4n) is 3.21. The molecule has 6 heteroatoms. The molecule has 2 saturated heterocycles. The number of nitrogens with zero attached hydrogens (tertiary/aromatic N) is 4. The van der Waals surface area contributed by atoms with Crippen molar-refractivity contribution in [2.45, 2.75) is 38.0 Å². The summed E-state index contributed by atoms with van der Waals surface area (Å²) in [5.41, 5.74) is 0. The zero-order valence-corrected chi connectivity index (χ0v) is 12.4. The second-order valence-corrected chi connectivity index (χ2v) is 5.74. The largest absolute Gasteiger partial charge is 0.380 e. The van der Waals surface area contributed by atoms with Gasteiger partial charge in [-0.25, -0.2) is 9.97 Å². The van der Waals surface area contributed by atoms with Gasteiger partial charge in [-0.3, -0.25) is 9.69 Å². The smallest absolute Gasteiger partial charge is 0.240 e. The molecule has 0 N–H and O–H groups in total. The summed E-state index contributed by atoms with van der Waals surface area (Å²) in [6.07, 6.45) is 6.60. The first-order valence-electron chi connectivity index (χ1n) is 7.59. The predicted octanol–water partition coefficient (Wildman–Crippen LogP) is 0.688. The maximum atomic E-state index is 12.7. The van der Waals surface area contributed by atoms with Crippen LogP contribution in [0, 0.1) is 0 Å². The van der Waals surface area contributed by atoms with Crippen molar-refractivity contribution >= 4 is 5.91 Å². The summed E-state index contributed by atoms with van der Waals surface area (Å²) in [4.78, 5) is 25.4. The normalized spacial score (nSPS) is 26.4. The van der Waals surface area contributed by atoms with Crippen molar-refractivity contribution in [1.29, 1.82) is 0 Å². The van der Waals surface area contributed by atoms with E-state index in [0.29, 0.717) is 6.54 Å². The molecule has 21 heavy (non-hydrogen) atoms. The van der Waals surface area contributed by atoms with Gasteiger partial charge in [0, 0.05) is 39.1 Å². The Morgan fingerprint density at radius 1 is 1.33 bits per heavy atom. The molecule has 1 aromatic heterocycles. The van der Waals surface area contributed by atoms with Gasteiger partial charge in [-0.05, 0) is 25.3 Å². The van der Waals surface area contributed by atoms with Crippen LogP contribution in [0.25, 0.3) is 0 Å². The lowest BCUT2D eigenvalue weighted by atomic mass is 10.1. The molecule has 2 aliphatic heterocycles. The van der Waals surface area contributed by atoms with Crippen LogP contribution in [0.1, 0.15) is 25.1 Å². The Morgan fingerprint density at radius 3 is 2.71 bits per heavy atom. The van der Waals surface area contributed by atoms with Gasteiger partial charge in [-0.2, -0.15) is 0 Å². The molecule has 0 radical (unpaired) electrons. The van der Waals surface area contributed by atoms with E-state index < -0.39 is 0 Å².